The van der Waals surface area contributed by atoms with Gasteiger partial charge in [0.05, 0.1) is 6.61 Å². The molecule has 6 nitrogen and oxygen atoms in total. The molecule has 8 heteroatoms. The van der Waals surface area contributed by atoms with Crippen molar-refractivity contribution in [1.82, 2.24) is 10.2 Å². The van der Waals surface area contributed by atoms with E-state index in [4.69, 9.17) is 21.1 Å². The first-order valence-electron chi connectivity index (χ1n) is 7.89. The van der Waals surface area contributed by atoms with E-state index < -0.39 is 0 Å². The number of ether oxygens (including phenoxy) is 2. The summed E-state index contributed by atoms with van der Waals surface area (Å²) in [6, 6.07) is 14.0. The van der Waals surface area contributed by atoms with E-state index in [0.717, 1.165) is 5.75 Å². The summed E-state index contributed by atoms with van der Waals surface area (Å²) in [6.07, 6.45) is 0. The second-order valence-corrected chi connectivity index (χ2v) is 6.65. The van der Waals surface area contributed by atoms with E-state index in [0.29, 0.717) is 33.1 Å². The maximum absolute atomic E-state index is 12.2. The van der Waals surface area contributed by atoms with Gasteiger partial charge in [0.15, 0.2) is 5.01 Å². The Morgan fingerprint density at radius 3 is 2.38 bits per heavy atom. The highest BCUT2D eigenvalue weighted by Crippen LogP contribution is 2.21. The normalized spacial score (nSPS) is 10.4. The fraction of sp³-hybridized carbons (Fsp3) is 0.167. The summed E-state index contributed by atoms with van der Waals surface area (Å²) in [6.45, 7) is 2.75. The third-order valence-corrected chi connectivity index (χ3v) is 4.35. The Kier molecular flexibility index (Phi) is 6.04. The number of nitrogens with zero attached hydrogens (tertiary/aromatic N) is 2. The molecule has 1 aromatic heterocycles. The maximum Gasteiger partial charge on any atom is 0.257 e. The van der Waals surface area contributed by atoms with Gasteiger partial charge in [-0.1, -0.05) is 22.9 Å². The minimum Gasteiger partial charge on any atom is -0.494 e. The Hall–Kier alpha value is -2.64. The minimum absolute atomic E-state index is 0.255. The Bertz CT molecular complexity index is 866. The number of halogens is 1. The van der Waals surface area contributed by atoms with Crippen molar-refractivity contribution in [2.75, 3.05) is 11.9 Å². The van der Waals surface area contributed by atoms with Gasteiger partial charge in [-0.3, -0.25) is 10.1 Å². The fourth-order valence-electron chi connectivity index (χ4n) is 2.08. The van der Waals surface area contributed by atoms with E-state index >= 15 is 0 Å². The summed E-state index contributed by atoms with van der Waals surface area (Å²) in [4.78, 5) is 12.2. The molecule has 3 rings (SSSR count). The third kappa shape index (κ3) is 4.93. The number of carbonyl (C=O) groups is 1. The van der Waals surface area contributed by atoms with Crippen molar-refractivity contribution in [3.05, 3.63) is 64.1 Å². The Morgan fingerprint density at radius 1 is 1.04 bits per heavy atom. The molecule has 0 radical (unpaired) electrons. The van der Waals surface area contributed by atoms with Crippen molar-refractivity contribution in [3.8, 4) is 11.5 Å². The minimum atomic E-state index is -0.255. The van der Waals surface area contributed by atoms with Crippen LogP contribution in [-0.2, 0) is 6.61 Å². The second-order valence-electron chi connectivity index (χ2n) is 5.16. The molecule has 0 atom stereocenters. The Labute approximate surface area is 159 Å². The molecule has 1 N–H and O–H groups in total. The zero-order valence-electron chi connectivity index (χ0n) is 13.9. The molecule has 2 aromatic carbocycles. The molecule has 3 aromatic rings. The molecule has 0 spiro atoms. The lowest BCUT2D eigenvalue weighted by Crippen LogP contribution is -2.11. The van der Waals surface area contributed by atoms with E-state index in [1.54, 1.807) is 48.5 Å². The Morgan fingerprint density at radius 2 is 1.69 bits per heavy atom. The lowest BCUT2D eigenvalue weighted by atomic mass is 10.2. The molecule has 0 aliphatic heterocycles. The van der Waals surface area contributed by atoms with E-state index in [9.17, 15) is 4.79 Å². The predicted octanol–water partition coefficient (Wildman–Crippen LogP) is 4.42. The first kappa shape index (κ1) is 18.2. The highest BCUT2D eigenvalue weighted by Gasteiger charge is 2.11. The van der Waals surface area contributed by atoms with Crippen molar-refractivity contribution in [2.24, 2.45) is 0 Å². The summed E-state index contributed by atoms with van der Waals surface area (Å²) in [5.41, 5.74) is 0.516. The highest BCUT2D eigenvalue weighted by atomic mass is 35.5. The van der Waals surface area contributed by atoms with Crippen LogP contribution in [0.1, 0.15) is 22.3 Å². The topological polar surface area (TPSA) is 73.3 Å². The fourth-order valence-corrected chi connectivity index (χ4v) is 2.85. The molecule has 0 unspecified atom stereocenters. The SMILES string of the molecule is CCOc1ccc(C(=O)Nc2nnc(COc3ccc(Cl)cc3)s2)cc1. The molecule has 0 fully saturated rings. The van der Waals surface area contributed by atoms with Gasteiger partial charge in [0.1, 0.15) is 18.1 Å². The van der Waals surface area contributed by atoms with Crippen LogP contribution >= 0.6 is 22.9 Å². The van der Waals surface area contributed by atoms with E-state index in [-0.39, 0.29) is 12.5 Å². The van der Waals surface area contributed by atoms with E-state index in [1.807, 2.05) is 6.92 Å². The molecule has 1 amide bonds. The standard InChI is InChI=1S/C18H16ClN3O3S/c1-2-24-14-7-3-12(4-8-14)17(23)20-18-22-21-16(26-18)11-25-15-9-5-13(19)6-10-15/h3-10H,2,11H2,1H3,(H,20,22,23). The van der Waals surface area contributed by atoms with Crippen LogP contribution in [0.2, 0.25) is 5.02 Å². The molecular weight excluding hydrogens is 374 g/mol. The van der Waals surface area contributed by atoms with Gasteiger partial charge < -0.3 is 9.47 Å². The quantitative estimate of drug-likeness (QED) is 0.647. The van der Waals surface area contributed by atoms with Crippen molar-refractivity contribution < 1.29 is 14.3 Å². The van der Waals surface area contributed by atoms with Crippen LogP contribution < -0.4 is 14.8 Å². The summed E-state index contributed by atoms with van der Waals surface area (Å²) in [5, 5.41) is 12.4. The number of amides is 1. The van der Waals surface area contributed by atoms with Crippen LogP contribution in [0.4, 0.5) is 5.13 Å². The van der Waals surface area contributed by atoms with Gasteiger partial charge >= 0.3 is 0 Å². The molecule has 0 bridgehead atoms. The number of rotatable bonds is 7. The van der Waals surface area contributed by atoms with Crippen LogP contribution in [0.5, 0.6) is 11.5 Å². The van der Waals surface area contributed by atoms with Crippen molar-refractivity contribution in [2.45, 2.75) is 13.5 Å². The number of carbonyl (C=O) groups excluding carboxylic acids is 1. The van der Waals surface area contributed by atoms with Gasteiger partial charge in [0.25, 0.3) is 5.91 Å². The van der Waals surface area contributed by atoms with Crippen LogP contribution in [0.25, 0.3) is 0 Å². The van der Waals surface area contributed by atoms with Gasteiger partial charge in [0.2, 0.25) is 5.13 Å². The molecule has 0 aliphatic carbocycles. The zero-order valence-corrected chi connectivity index (χ0v) is 15.5. The van der Waals surface area contributed by atoms with Crippen molar-refractivity contribution >= 4 is 34.0 Å². The number of nitrogens with one attached hydrogen (secondary N) is 1. The first-order chi connectivity index (χ1) is 12.6. The molecule has 0 aliphatic rings. The lowest BCUT2D eigenvalue weighted by molar-refractivity contribution is 0.102. The average Bonchev–Trinajstić information content (AvgIpc) is 3.09. The molecule has 0 saturated heterocycles. The smallest absolute Gasteiger partial charge is 0.257 e. The van der Waals surface area contributed by atoms with Crippen LogP contribution in [0.15, 0.2) is 48.5 Å². The van der Waals surface area contributed by atoms with Gasteiger partial charge in [-0.25, -0.2) is 0 Å². The van der Waals surface area contributed by atoms with Crippen LogP contribution in [0.3, 0.4) is 0 Å². The summed E-state index contributed by atoms with van der Waals surface area (Å²) < 4.78 is 11.0. The molecule has 26 heavy (non-hydrogen) atoms. The van der Waals surface area contributed by atoms with E-state index in [2.05, 4.69) is 15.5 Å². The number of hydrogen-bond donors (Lipinski definition) is 1. The number of benzene rings is 2. The number of hydrogen-bond acceptors (Lipinski definition) is 6. The average molecular weight is 390 g/mol. The highest BCUT2D eigenvalue weighted by molar-refractivity contribution is 7.15. The summed E-state index contributed by atoms with van der Waals surface area (Å²) in [7, 11) is 0. The van der Waals surface area contributed by atoms with Gasteiger partial charge in [-0.15, -0.1) is 10.2 Å². The number of anilines is 1. The lowest BCUT2D eigenvalue weighted by Gasteiger charge is -2.04. The van der Waals surface area contributed by atoms with E-state index in [1.165, 1.54) is 11.3 Å². The molecule has 134 valence electrons. The largest absolute Gasteiger partial charge is 0.494 e. The van der Waals surface area contributed by atoms with Crippen LogP contribution in [-0.4, -0.2) is 22.7 Å². The zero-order chi connectivity index (χ0) is 18.4. The molecule has 0 saturated carbocycles. The maximum atomic E-state index is 12.2. The van der Waals surface area contributed by atoms with Crippen molar-refractivity contribution in [1.29, 1.82) is 0 Å². The van der Waals surface area contributed by atoms with Gasteiger partial charge in [-0.2, -0.15) is 0 Å². The first-order valence-corrected chi connectivity index (χ1v) is 9.08. The number of aromatic nitrogens is 2. The Balaban J connectivity index is 1.55. The van der Waals surface area contributed by atoms with Gasteiger partial charge in [0, 0.05) is 10.6 Å². The predicted molar refractivity (Wildman–Crippen MR) is 101 cm³/mol. The molecular formula is C18H16ClN3O3S. The van der Waals surface area contributed by atoms with Crippen LogP contribution in [0, 0.1) is 0 Å². The summed E-state index contributed by atoms with van der Waals surface area (Å²) >= 11 is 7.09. The summed E-state index contributed by atoms with van der Waals surface area (Å²) in [5.74, 6) is 1.15. The molecule has 1 heterocycles. The second kappa shape index (κ2) is 8.64. The van der Waals surface area contributed by atoms with Crippen molar-refractivity contribution in [3.63, 3.8) is 0 Å². The monoisotopic (exact) mass is 389 g/mol. The van der Waals surface area contributed by atoms with Gasteiger partial charge in [-0.05, 0) is 55.5 Å². The third-order valence-electron chi connectivity index (χ3n) is 3.29.